The van der Waals surface area contributed by atoms with Crippen molar-refractivity contribution in [3.63, 3.8) is 0 Å². The highest BCUT2D eigenvalue weighted by Gasteiger charge is 2.24. The molecule has 3 rings (SSSR count). The average molecular weight is 429 g/mol. The van der Waals surface area contributed by atoms with Crippen molar-refractivity contribution in [3.05, 3.63) is 71.2 Å². The van der Waals surface area contributed by atoms with Crippen LogP contribution in [0.4, 0.5) is 5.69 Å². The predicted molar refractivity (Wildman–Crippen MR) is 112 cm³/mol. The number of halogens is 1. The Labute approximate surface area is 174 Å². The Kier molecular flexibility index (Phi) is 5.97. The number of nitriles is 1. The number of hydrogen-bond acceptors (Lipinski definition) is 5. The highest BCUT2D eigenvalue weighted by molar-refractivity contribution is 7.92. The van der Waals surface area contributed by atoms with E-state index in [4.69, 9.17) is 26.3 Å². The Hall–Kier alpha value is -3.21. The number of hydrogen-bond donors (Lipinski definition) is 1. The van der Waals surface area contributed by atoms with Crippen LogP contribution in [-0.4, -0.2) is 22.6 Å². The molecule has 0 unspecified atom stereocenters. The van der Waals surface area contributed by atoms with Crippen LogP contribution in [0.15, 0.2) is 65.6 Å². The van der Waals surface area contributed by atoms with Gasteiger partial charge in [-0.3, -0.25) is 4.72 Å². The molecule has 3 aromatic carbocycles. The van der Waals surface area contributed by atoms with E-state index in [0.717, 1.165) is 11.1 Å². The van der Waals surface area contributed by atoms with Crippen LogP contribution in [-0.2, 0) is 10.0 Å². The lowest BCUT2D eigenvalue weighted by molar-refractivity contribution is 0.403. The topological polar surface area (TPSA) is 88.4 Å². The Balaban J connectivity index is 2.10. The molecule has 1 N–H and O–H groups in total. The Bertz CT molecular complexity index is 1190. The van der Waals surface area contributed by atoms with Crippen LogP contribution in [0, 0.1) is 11.3 Å². The van der Waals surface area contributed by atoms with Gasteiger partial charge in [-0.15, -0.1) is 0 Å². The molecule has 8 heteroatoms. The molecule has 0 aliphatic rings. The number of sulfonamides is 1. The van der Waals surface area contributed by atoms with Gasteiger partial charge in [0.1, 0.15) is 10.6 Å². The maximum Gasteiger partial charge on any atom is 0.265 e. The quantitative estimate of drug-likeness (QED) is 0.614. The maximum absolute atomic E-state index is 13.1. The summed E-state index contributed by atoms with van der Waals surface area (Å²) in [5.41, 5.74) is 2.07. The highest BCUT2D eigenvalue weighted by Crippen LogP contribution is 2.37. The van der Waals surface area contributed by atoms with Crippen molar-refractivity contribution in [2.75, 3.05) is 18.9 Å². The third-order valence-electron chi connectivity index (χ3n) is 4.18. The van der Waals surface area contributed by atoms with Crippen molar-refractivity contribution in [2.45, 2.75) is 4.90 Å². The number of nitrogens with one attached hydrogen (secondary N) is 1. The lowest BCUT2D eigenvalue weighted by Crippen LogP contribution is -2.15. The van der Waals surface area contributed by atoms with Crippen molar-refractivity contribution in [1.82, 2.24) is 0 Å². The summed E-state index contributed by atoms with van der Waals surface area (Å²) in [5, 5.41) is 9.19. The number of rotatable bonds is 6. The Morgan fingerprint density at radius 1 is 0.966 bits per heavy atom. The zero-order valence-electron chi connectivity index (χ0n) is 15.6. The van der Waals surface area contributed by atoms with E-state index in [0.29, 0.717) is 5.75 Å². The van der Waals surface area contributed by atoms with Gasteiger partial charge in [-0.05, 0) is 35.4 Å². The SMILES string of the molecule is COc1ccc(-c2ccccc2)cc1NS(=O)(=O)c1cc(C#N)cc(Cl)c1OC. The van der Waals surface area contributed by atoms with E-state index in [-0.39, 0.29) is 26.9 Å². The molecule has 0 saturated heterocycles. The second kappa shape index (κ2) is 8.43. The molecule has 0 amide bonds. The number of ether oxygens (including phenoxy) is 2. The van der Waals surface area contributed by atoms with E-state index in [2.05, 4.69) is 4.72 Å². The van der Waals surface area contributed by atoms with E-state index < -0.39 is 10.0 Å². The second-order valence-electron chi connectivity index (χ2n) is 5.99. The minimum atomic E-state index is -4.13. The van der Waals surface area contributed by atoms with Crippen LogP contribution in [0.25, 0.3) is 11.1 Å². The summed E-state index contributed by atoms with van der Waals surface area (Å²) in [4.78, 5) is -0.240. The Morgan fingerprint density at radius 2 is 1.69 bits per heavy atom. The van der Waals surface area contributed by atoms with Crippen LogP contribution >= 0.6 is 11.6 Å². The molecule has 0 spiro atoms. The minimum Gasteiger partial charge on any atom is -0.495 e. The predicted octanol–water partition coefficient (Wildman–Crippen LogP) is 4.70. The van der Waals surface area contributed by atoms with Crippen molar-refractivity contribution in [1.29, 1.82) is 5.26 Å². The lowest BCUT2D eigenvalue weighted by atomic mass is 10.1. The van der Waals surface area contributed by atoms with Gasteiger partial charge in [-0.2, -0.15) is 5.26 Å². The number of benzene rings is 3. The smallest absolute Gasteiger partial charge is 0.265 e. The largest absolute Gasteiger partial charge is 0.495 e. The van der Waals surface area contributed by atoms with Gasteiger partial charge in [0.25, 0.3) is 10.0 Å². The summed E-state index contributed by atoms with van der Waals surface area (Å²) in [6.45, 7) is 0. The van der Waals surface area contributed by atoms with Crippen LogP contribution in [0.1, 0.15) is 5.56 Å². The van der Waals surface area contributed by atoms with Crippen LogP contribution in [0.5, 0.6) is 11.5 Å². The molecule has 3 aromatic rings. The van der Waals surface area contributed by atoms with E-state index in [1.165, 1.54) is 26.4 Å². The molecule has 148 valence electrons. The lowest BCUT2D eigenvalue weighted by Gasteiger charge is -2.16. The summed E-state index contributed by atoms with van der Waals surface area (Å²) in [6, 6.07) is 19.1. The van der Waals surface area contributed by atoms with Gasteiger partial charge in [-0.1, -0.05) is 48.0 Å². The van der Waals surface area contributed by atoms with Gasteiger partial charge in [0.2, 0.25) is 0 Å². The standard InChI is InChI=1S/C21H17ClN2O4S/c1-27-19-9-8-16(15-6-4-3-5-7-15)12-18(19)24-29(25,26)20-11-14(13-23)10-17(22)21(20)28-2/h3-12,24H,1-2H3. The molecule has 0 heterocycles. The Morgan fingerprint density at radius 3 is 2.31 bits per heavy atom. The summed E-state index contributed by atoms with van der Waals surface area (Å²) < 4.78 is 39.2. The molecule has 0 fully saturated rings. The van der Waals surface area contributed by atoms with Gasteiger partial charge < -0.3 is 9.47 Å². The van der Waals surface area contributed by atoms with Crippen molar-refractivity contribution >= 4 is 27.3 Å². The third-order valence-corrected chi connectivity index (χ3v) is 5.83. The molecule has 6 nitrogen and oxygen atoms in total. The normalized spacial score (nSPS) is 10.8. The van der Waals surface area contributed by atoms with Gasteiger partial charge in [0, 0.05) is 0 Å². The van der Waals surface area contributed by atoms with Crippen molar-refractivity contribution in [2.24, 2.45) is 0 Å². The van der Waals surface area contributed by atoms with E-state index in [1.54, 1.807) is 12.1 Å². The molecule has 0 bridgehead atoms. The summed E-state index contributed by atoms with van der Waals surface area (Å²) >= 11 is 6.09. The fraction of sp³-hybridized carbons (Fsp3) is 0.0952. The molecule has 0 aliphatic heterocycles. The number of nitrogens with zero attached hydrogens (tertiary/aromatic N) is 1. The molecular weight excluding hydrogens is 412 g/mol. The molecule has 0 atom stereocenters. The van der Waals surface area contributed by atoms with Crippen molar-refractivity contribution in [3.8, 4) is 28.7 Å². The molecule has 0 aromatic heterocycles. The summed E-state index contributed by atoms with van der Waals surface area (Å²) in [6.07, 6.45) is 0. The zero-order chi connectivity index (χ0) is 21.0. The van der Waals surface area contributed by atoms with Gasteiger partial charge in [0.15, 0.2) is 5.75 Å². The fourth-order valence-corrected chi connectivity index (χ4v) is 4.46. The van der Waals surface area contributed by atoms with Crippen molar-refractivity contribution < 1.29 is 17.9 Å². The van der Waals surface area contributed by atoms with Crippen LogP contribution in [0.3, 0.4) is 0 Å². The maximum atomic E-state index is 13.1. The van der Waals surface area contributed by atoms with Crippen LogP contribution < -0.4 is 14.2 Å². The average Bonchev–Trinajstić information content (AvgIpc) is 2.73. The highest BCUT2D eigenvalue weighted by atomic mass is 35.5. The first-order valence-corrected chi connectivity index (χ1v) is 10.3. The van der Waals surface area contributed by atoms with E-state index in [9.17, 15) is 8.42 Å². The molecule has 0 aliphatic carbocycles. The molecular formula is C21H17ClN2O4S. The van der Waals surface area contributed by atoms with E-state index >= 15 is 0 Å². The first kappa shape index (κ1) is 20.5. The summed E-state index contributed by atoms with van der Waals surface area (Å²) in [7, 11) is -1.38. The number of anilines is 1. The van der Waals surface area contributed by atoms with E-state index in [1.807, 2.05) is 42.5 Å². The first-order chi connectivity index (χ1) is 13.9. The molecule has 29 heavy (non-hydrogen) atoms. The van der Waals surface area contributed by atoms with Gasteiger partial charge >= 0.3 is 0 Å². The number of methoxy groups -OCH3 is 2. The second-order valence-corrected chi connectivity index (χ2v) is 8.05. The zero-order valence-corrected chi connectivity index (χ0v) is 17.2. The fourth-order valence-electron chi connectivity index (χ4n) is 2.83. The van der Waals surface area contributed by atoms with Gasteiger partial charge in [-0.25, -0.2) is 8.42 Å². The van der Waals surface area contributed by atoms with Gasteiger partial charge in [0.05, 0.1) is 36.6 Å². The molecule has 0 saturated carbocycles. The first-order valence-electron chi connectivity index (χ1n) is 8.43. The minimum absolute atomic E-state index is 0.0249. The molecule has 0 radical (unpaired) electrons. The monoisotopic (exact) mass is 428 g/mol. The van der Waals surface area contributed by atoms with Crippen LogP contribution in [0.2, 0.25) is 5.02 Å². The summed E-state index contributed by atoms with van der Waals surface area (Å²) in [5.74, 6) is 0.297. The third kappa shape index (κ3) is 4.29.